The van der Waals surface area contributed by atoms with Gasteiger partial charge in [-0.15, -0.1) is 0 Å². The van der Waals surface area contributed by atoms with Crippen LogP contribution in [0.5, 0.6) is 0 Å². The number of rotatable bonds is 5. The maximum atomic E-state index is 6.92. The molecule has 1 heterocycles. The number of hydrogen-bond acceptors (Lipinski definition) is 2. The lowest BCUT2D eigenvalue weighted by Gasteiger charge is -2.28. The Bertz CT molecular complexity index is 2850. The van der Waals surface area contributed by atoms with Gasteiger partial charge in [0.15, 0.2) is 0 Å². The Kier molecular flexibility index (Phi) is 6.53. The van der Waals surface area contributed by atoms with E-state index in [1.54, 1.807) is 0 Å². The zero-order valence-corrected chi connectivity index (χ0v) is 27.3. The molecule has 0 saturated carbocycles. The molecule has 10 rings (SSSR count). The minimum atomic E-state index is 0.863. The van der Waals surface area contributed by atoms with Crippen LogP contribution in [0.25, 0.3) is 76.5 Å². The van der Waals surface area contributed by atoms with Gasteiger partial charge in [0.05, 0.1) is 16.8 Å². The summed E-state index contributed by atoms with van der Waals surface area (Å²) in [6.07, 6.45) is 0. The van der Waals surface area contributed by atoms with E-state index in [4.69, 9.17) is 4.42 Å². The van der Waals surface area contributed by atoms with Crippen molar-refractivity contribution >= 4 is 71.3 Å². The van der Waals surface area contributed by atoms with E-state index in [2.05, 4.69) is 193 Å². The second-order valence-corrected chi connectivity index (χ2v) is 12.9. The molecule has 0 bridgehead atoms. The number of anilines is 3. The zero-order chi connectivity index (χ0) is 33.0. The van der Waals surface area contributed by atoms with Gasteiger partial charge in [0.2, 0.25) is 0 Å². The van der Waals surface area contributed by atoms with Crippen LogP contribution in [0.15, 0.2) is 192 Å². The highest BCUT2D eigenvalue weighted by atomic mass is 16.3. The summed E-state index contributed by atoms with van der Waals surface area (Å²) in [5.74, 6) is 0. The van der Waals surface area contributed by atoms with Crippen LogP contribution >= 0.6 is 0 Å². The van der Waals surface area contributed by atoms with E-state index in [9.17, 15) is 0 Å². The molecule has 9 aromatic carbocycles. The molecule has 0 amide bonds. The second kappa shape index (κ2) is 11.5. The maximum Gasteiger partial charge on any atom is 0.143 e. The van der Waals surface area contributed by atoms with Crippen LogP contribution < -0.4 is 4.90 Å². The highest BCUT2D eigenvalue weighted by Crippen LogP contribution is 2.49. The molecule has 2 nitrogen and oxygen atoms in total. The SMILES string of the molecule is c1ccc(-c2ccc(N(c3cccc4ccc5ccccc5c34)c3cccc4oc5c(-c6ccccc6)cc6ccccc6c5c34)cc2)cc1. The van der Waals surface area contributed by atoms with Crippen molar-refractivity contribution in [2.24, 2.45) is 0 Å². The van der Waals surface area contributed by atoms with Gasteiger partial charge in [-0.25, -0.2) is 0 Å². The Labute approximate surface area is 290 Å². The van der Waals surface area contributed by atoms with Crippen molar-refractivity contribution < 1.29 is 4.42 Å². The van der Waals surface area contributed by atoms with Crippen molar-refractivity contribution in [2.45, 2.75) is 0 Å². The normalized spacial score (nSPS) is 11.6. The van der Waals surface area contributed by atoms with Gasteiger partial charge in [0.25, 0.3) is 0 Å². The van der Waals surface area contributed by atoms with Crippen molar-refractivity contribution in [3.05, 3.63) is 188 Å². The molecule has 50 heavy (non-hydrogen) atoms. The van der Waals surface area contributed by atoms with Gasteiger partial charge >= 0.3 is 0 Å². The van der Waals surface area contributed by atoms with E-state index in [1.807, 2.05) is 0 Å². The van der Waals surface area contributed by atoms with Crippen molar-refractivity contribution in [1.29, 1.82) is 0 Å². The van der Waals surface area contributed by atoms with Crippen LogP contribution in [-0.2, 0) is 0 Å². The Morgan fingerprint density at radius 3 is 1.68 bits per heavy atom. The number of hydrogen-bond donors (Lipinski definition) is 0. The third kappa shape index (κ3) is 4.50. The quantitative estimate of drug-likeness (QED) is 0.175. The average Bonchev–Trinajstić information content (AvgIpc) is 3.59. The molecule has 0 atom stereocenters. The Hall–Kier alpha value is -6.64. The average molecular weight is 638 g/mol. The first kappa shape index (κ1) is 28.4. The standard InChI is InChI=1S/C48H31NO/c1-3-13-32(14-4-1)33-27-29-38(30-28-33)49(42-22-11-19-36-26-25-35-17-7-9-20-39(35)45(36)42)43-23-12-24-44-47(43)46-40-21-10-8-18-37(40)31-41(48(46)50-44)34-15-5-2-6-16-34/h1-31H. The van der Waals surface area contributed by atoms with Gasteiger partial charge in [-0.2, -0.15) is 0 Å². The summed E-state index contributed by atoms with van der Waals surface area (Å²) in [6, 6.07) is 67.4. The first-order chi connectivity index (χ1) is 24.8. The van der Waals surface area contributed by atoms with Gasteiger partial charge in [-0.3, -0.25) is 0 Å². The topological polar surface area (TPSA) is 16.4 Å². The number of furan rings is 1. The highest BCUT2D eigenvalue weighted by Gasteiger charge is 2.24. The fourth-order valence-electron chi connectivity index (χ4n) is 7.73. The van der Waals surface area contributed by atoms with Crippen LogP contribution in [0.4, 0.5) is 17.1 Å². The molecule has 0 fully saturated rings. The van der Waals surface area contributed by atoms with Crippen molar-refractivity contribution in [3.8, 4) is 22.3 Å². The predicted molar refractivity (Wildman–Crippen MR) is 212 cm³/mol. The summed E-state index contributed by atoms with van der Waals surface area (Å²) in [4.78, 5) is 2.44. The minimum Gasteiger partial charge on any atom is -0.455 e. The first-order valence-corrected chi connectivity index (χ1v) is 17.1. The van der Waals surface area contributed by atoms with Crippen LogP contribution in [0, 0.1) is 0 Å². The Balaban J connectivity index is 1.32. The molecular formula is C48H31NO. The fraction of sp³-hybridized carbons (Fsp3) is 0. The Morgan fingerprint density at radius 2 is 0.920 bits per heavy atom. The molecule has 0 N–H and O–H groups in total. The summed E-state index contributed by atoms with van der Waals surface area (Å²) in [7, 11) is 0. The fourth-order valence-corrected chi connectivity index (χ4v) is 7.73. The lowest BCUT2D eigenvalue weighted by atomic mass is 9.95. The molecule has 1 aromatic heterocycles. The summed E-state index contributed by atoms with van der Waals surface area (Å²) in [6.45, 7) is 0. The van der Waals surface area contributed by atoms with Gasteiger partial charge in [0, 0.05) is 22.0 Å². The largest absolute Gasteiger partial charge is 0.455 e. The van der Waals surface area contributed by atoms with E-state index in [0.29, 0.717) is 0 Å². The van der Waals surface area contributed by atoms with E-state index in [1.165, 1.54) is 43.4 Å². The summed E-state index contributed by atoms with van der Waals surface area (Å²) < 4.78 is 6.92. The molecule has 2 heteroatoms. The summed E-state index contributed by atoms with van der Waals surface area (Å²) >= 11 is 0. The minimum absolute atomic E-state index is 0.863. The monoisotopic (exact) mass is 637 g/mol. The highest BCUT2D eigenvalue weighted by molar-refractivity contribution is 6.27. The molecule has 0 saturated heterocycles. The molecule has 0 unspecified atom stereocenters. The maximum absolute atomic E-state index is 6.92. The number of nitrogens with zero attached hydrogens (tertiary/aromatic N) is 1. The molecule has 234 valence electrons. The molecule has 10 aromatic rings. The van der Waals surface area contributed by atoms with Gasteiger partial charge in [-0.1, -0.05) is 152 Å². The molecule has 0 radical (unpaired) electrons. The van der Waals surface area contributed by atoms with Crippen LogP contribution in [-0.4, -0.2) is 0 Å². The number of fused-ring (bicyclic) bond motifs is 8. The first-order valence-electron chi connectivity index (χ1n) is 17.1. The molecular weight excluding hydrogens is 607 g/mol. The third-order valence-electron chi connectivity index (χ3n) is 10.0. The molecule has 0 aliphatic carbocycles. The van der Waals surface area contributed by atoms with Gasteiger partial charge < -0.3 is 9.32 Å². The molecule has 0 aliphatic heterocycles. The van der Waals surface area contributed by atoms with E-state index >= 15 is 0 Å². The summed E-state index contributed by atoms with van der Waals surface area (Å²) in [5.41, 5.74) is 9.65. The third-order valence-corrected chi connectivity index (χ3v) is 10.0. The van der Waals surface area contributed by atoms with E-state index < -0.39 is 0 Å². The van der Waals surface area contributed by atoms with Crippen molar-refractivity contribution in [3.63, 3.8) is 0 Å². The summed E-state index contributed by atoms with van der Waals surface area (Å²) in [5, 5.41) is 9.46. The predicted octanol–water partition coefficient (Wildman–Crippen LogP) is 13.8. The van der Waals surface area contributed by atoms with Crippen molar-refractivity contribution in [1.82, 2.24) is 0 Å². The lowest BCUT2D eigenvalue weighted by molar-refractivity contribution is 0.670. The van der Waals surface area contributed by atoms with Gasteiger partial charge in [0.1, 0.15) is 11.2 Å². The van der Waals surface area contributed by atoms with Crippen LogP contribution in [0.3, 0.4) is 0 Å². The number of benzene rings is 9. The van der Waals surface area contributed by atoms with E-state index in [-0.39, 0.29) is 0 Å². The van der Waals surface area contributed by atoms with Gasteiger partial charge in [-0.05, 0) is 80.0 Å². The smallest absolute Gasteiger partial charge is 0.143 e. The molecule has 0 aliphatic rings. The zero-order valence-electron chi connectivity index (χ0n) is 27.3. The Morgan fingerprint density at radius 1 is 0.360 bits per heavy atom. The van der Waals surface area contributed by atoms with E-state index in [0.717, 1.165) is 50.1 Å². The van der Waals surface area contributed by atoms with Crippen molar-refractivity contribution in [2.75, 3.05) is 4.90 Å². The lowest BCUT2D eigenvalue weighted by Crippen LogP contribution is -2.11. The second-order valence-electron chi connectivity index (χ2n) is 12.9. The van der Waals surface area contributed by atoms with Crippen LogP contribution in [0.2, 0.25) is 0 Å². The molecule has 0 spiro atoms. The van der Waals surface area contributed by atoms with Crippen LogP contribution in [0.1, 0.15) is 0 Å².